The number of piperazine rings is 1. The summed E-state index contributed by atoms with van der Waals surface area (Å²) < 4.78 is 5.35. The predicted octanol–water partition coefficient (Wildman–Crippen LogP) is 1.35. The number of anilines is 1. The molecule has 0 N–H and O–H groups in total. The Morgan fingerprint density at radius 2 is 1.64 bits per heavy atom. The van der Waals surface area contributed by atoms with Crippen LogP contribution in [0.5, 0.6) is 0 Å². The van der Waals surface area contributed by atoms with E-state index in [0.717, 1.165) is 0 Å². The molecule has 0 aliphatic carbocycles. The highest BCUT2D eigenvalue weighted by molar-refractivity contribution is 6.31. The van der Waals surface area contributed by atoms with E-state index in [0.29, 0.717) is 37.6 Å². The van der Waals surface area contributed by atoms with Crippen molar-refractivity contribution >= 4 is 25.4 Å². The fraction of sp³-hybridized carbons (Fsp3) is 0.667. The summed E-state index contributed by atoms with van der Waals surface area (Å²) in [6.45, 7) is 12.2. The second-order valence-corrected chi connectivity index (χ2v) is 5.77. The van der Waals surface area contributed by atoms with Crippen molar-refractivity contribution in [2.75, 3.05) is 31.1 Å². The molecule has 0 saturated carbocycles. The Morgan fingerprint density at radius 1 is 1.14 bits per heavy atom. The molecule has 0 unspecified atom stereocenters. The number of carbonyl (C=O) groups is 1. The van der Waals surface area contributed by atoms with Crippen LogP contribution in [-0.2, 0) is 4.74 Å². The van der Waals surface area contributed by atoms with Gasteiger partial charge in [-0.1, -0.05) is 19.3 Å². The van der Waals surface area contributed by atoms with Crippen molar-refractivity contribution in [2.45, 2.75) is 40.2 Å². The maximum Gasteiger partial charge on any atom is 0.410 e. The summed E-state index contributed by atoms with van der Waals surface area (Å²) in [4.78, 5) is 24.0. The maximum absolute atomic E-state index is 11.9. The molecule has 1 saturated heterocycles. The van der Waals surface area contributed by atoms with Gasteiger partial charge in [-0.3, -0.25) is 0 Å². The summed E-state index contributed by atoms with van der Waals surface area (Å²) in [7, 11) is 5.56. The maximum atomic E-state index is 11.9. The van der Waals surface area contributed by atoms with Crippen molar-refractivity contribution < 1.29 is 9.53 Å². The minimum Gasteiger partial charge on any atom is -0.444 e. The van der Waals surface area contributed by atoms with Gasteiger partial charge < -0.3 is 14.5 Å². The molecular formula is C15H25BN4O2. The van der Waals surface area contributed by atoms with Gasteiger partial charge in [0.1, 0.15) is 13.4 Å². The van der Waals surface area contributed by atoms with Crippen LogP contribution in [0.15, 0.2) is 12.4 Å². The lowest BCUT2D eigenvalue weighted by Gasteiger charge is -2.35. The lowest BCUT2D eigenvalue weighted by Crippen LogP contribution is -2.50. The molecule has 0 atom stereocenters. The van der Waals surface area contributed by atoms with Crippen LogP contribution in [0.2, 0.25) is 0 Å². The first-order valence-corrected chi connectivity index (χ1v) is 7.65. The molecule has 0 spiro atoms. The van der Waals surface area contributed by atoms with Gasteiger partial charge in [-0.25, -0.2) is 14.8 Å². The molecule has 1 aliphatic rings. The van der Waals surface area contributed by atoms with Crippen LogP contribution < -0.4 is 10.4 Å². The van der Waals surface area contributed by atoms with Gasteiger partial charge in [-0.2, -0.15) is 0 Å². The van der Waals surface area contributed by atoms with E-state index >= 15 is 0 Å². The van der Waals surface area contributed by atoms with Gasteiger partial charge in [0.15, 0.2) is 0 Å². The van der Waals surface area contributed by atoms with Gasteiger partial charge in [0.05, 0.1) is 0 Å². The second kappa shape index (κ2) is 8.01. The van der Waals surface area contributed by atoms with Crippen molar-refractivity contribution in [3.63, 3.8) is 0 Å². The molecule has 2 radical (unpaired) electrons. The summed E-state index contributed by atoms with van der Waals surface area (Å²) in [5.74, 6) is 0.642. The fourth-order valence-corrected chi connectivity index (χ4v) is 1.91. The van der Waals surface area contributed by atoms with Crippen molar-refractivity contribution in [1.82, 2.24) is 14.9 Å². The van der Waals surface area contributed by atoms with Crippen molar-refractivity contribution in [2.24, 2.45) is 0 Å². The molecule has 0 bridgehead atoms. The Labute approximate surface area is 134 Å². The molecule has 1 fully saturated rings. The molecule has 7 heteroatoms. The third-order valence-corrected chi connectivity index (χ3v) is 2.87. The number of hydrogen-bond donors (Lipinski definition) is 0. The van der Waals surface area contributed by atoms with Gasteiger partial charge in [0, 0.05) is 38.6 Å². The molecular weight excluding hydrogens is 279 g/mol. The van der Waals surface area contributed by atoms with E-state index in [1.807, 2.05) is 39.5 Å². The van der Waals surface area contributed by atoms with E-state index in [4.69, 9.17) is 12.6 Å². The SMILES string of the molecule is CC.[B]c1cnc(N2CCN(C(=O)OC(C)(C)C)CC2)nc1. The largest absolute Gasteiger partial charge is 0.444 e. The van der Waals surface area contributed by atoms with E-state index in [-0.39, 0.29) is 6.09 Å². The Kier molecular flexibility index (Phi) is 6.65. The zero-order valence-corrected chi connectivity index (χ0v) is 14.2. The van der Waals surface area contributed by atoms with Crippen LogP contribution in [0.1, 0.15) is 34.6 Å². The minimum atomic E-state index is -0.464. The molecule has 2 heterocycles. The highest BCUT2D eigenvalue weighted by Crippen LogP contribution is 2.13. The number of rotatable bonds is 1. The number of amides is 1. The van der Waals surface area contributed by atoms with Crippen LogP contribution in [-0.4, -0.2) is 60.6 Å². The Hall–Kier alpha value is -1.79. The first-order valence-electron chi connectivity index (χ1n) is 7.65. The number of aromatic nitrogens is 2. The summed E-state index contributed by atoms with van der Waals surface area (Å²) in [6, 6.07) is 0. The van der Waals surface area contributed by atoms with Crippen molar-refractivity contribution in [1.29, 1.82) is 0 Å². The van der Waals surface area contributed by atoms with Crippen molar-refractivity contribution in [3.05, 3.63) is 12.4 Å². The summed E-state index contributed by atoms with van der Waals surface area (Å²) in [5.41, 5.74) is 0.0787. The predicted molar refractivity (Wildman–Crippen MR) is 88.8 cm³/mol. The zero-order valence-electron chi connectivity index (χ0n) is 14.2. The number of hydrogen-bond acceptors (Lipinski definition) is 5. The van der Waals surface area contributed by atoms with Gasteiger partial charge in [0.2, 0.25) is 5.95 Å². The summed E-state index contributed by atoms with van der Waals surface area (Å²) in [6.07, 6.45) is 2.90. The first-order chi connectivity index (χ1) is 10.3. The third kappa shape index (κ3) is 5.54. The van der Waals surface area contributed by atoms with Gasteiger partial charge >= 0.3 is 6.09 Å². The van der Waals surface area contributed by atoms with E-state index < -0.39 is 5.60 Å². The zero-order chi connectivity index (χ0) is 16.8. The van der Waals surface area contributed by atoms with Crippen LogP contribution >= 0.6 is 0 Å². The lowest BCUT2D eigenvalue weighted by molar-refractivity contribution is 0.0240. The monoisotopic (exact) mass is 304 g/mol. The van der Waals surface area contributed by atoms with E-state index in [1.54, 1.807) is 17.3 Å². The highest BCUT2D eigenvalue weighted by Gasteiger charge is 2.26. The van der Waals surface area contributed by atoms with Crippen LogP contribution in [0, 0.1) is 0 Å². The molecule has 1 aromatic rings. The average Bonchev–Trinajstić information content (AvgIpc) is 2.48. The van der Waals surface area contributed by atoms with Crippen molar-refractivity contribution in [3.8, 4) is 0 Å². The fourth-order valence-electron chi connectivity index (χ4n) is 1.91. The standard InChI is InChI=1S/C13H19BN4O2.C2H6/c1-13(2,3)20-12(19)18-6-4-17(5-7-18)11-15-8-10(14)9-16-11;1-2/h8-9H,4-7H2,1-3H3;1-2H3. The smallest absolute Gasteiger partial charge is 0.410 e. The molecule has 2 rings (SSSR count). The van der Waals surface area contributed by atoms with E-state index in [2.05, 4.69) is 9.97 Å². The summed E-state index contributed by atoms with van der Waals surface area (Å²) in [5, 5.41) is 0. The topological polar surface area (TPSA) is 58.6 Å². The van der Waals surface area contributed by atoms with E-state index in [1.165, 1.54) is 0 Å². The number of carbonyl (C=O) groups excluding carboxylic acids is 1. The van der Waals surface area contributed by atoms with E-state index in [9.17, 15) is 4.79 Å². The molecule has 0 aromatic carbocycles. The van der Waals surface area contributed by atoms with Gasteiger partial charge in [-0.15, -0.1) is 0 Å². The summed E-state index contributed by atoms with van der Waals surface area (Å²) >= 11 is 0. The molecule has 120 valence electrons. The Bertz CT molecular complexity index is 465. The Balaban J connectivity index is 0.00000116. The molecule has 1 amide bonds. The molecule has 22 heavy (non-hydrogen) atoms. The van der Waals surface area contributed by atoms with Crippen LogP contribution in [0.3, 0.4) is 0 Å². The van der Waals surface area contributed by atoms with Gasteiger partial charge in [0.25, 0.3) is 0 Å². The number of nitrogens with zero attached hydrogens (tertiary/aromatic N) is 4. The molecule has 6 nitrogen and oxygen atoms in total. The molecule has 1 aliphatic heterocycles. The van der Waals surface area contributed by atoms with Crippen LogP contribution in [0.4, 0.5) is 10.7 Å². The minimum absolute atomic E-state index is 0.268. The average molecular weight is 304 g/mol. The number of ether oxygens (including phenoxy) is 1. The Morgan fingerprint density at radius 3 is 2.09 bits per heavy atom. The first kappa shape index (κ1) is 18.3. The highest BCUT2D eigenvalue weighted by atomic mass is 16.6. The quantitative estimate of drug-likeness (QED) is 0.733. The third-order valence-electron chi connectivity index (χ3n) is 2.87. The van der Waals surface area contributed by atoms with Crippen LogP contribution in [0.25, 0.3) is 0 Å². The molecule has 1 aromatic heterocycles. The normalized spacial score (nSPS) is 15.0. The lowest BCUT2D eigenvalue weighted by atomic mass is 10.0. The van der Waals surface area contributed by atoms with Gasteiger partial charge in [-0.05, 0) is 20.8 Å². The second-order valence-electron chi connectivity index (χ2n) is 5.77.